The summed E-state index contributed by atoms with van der Waals surface area (Å²) in [6.45, 7) is -1.70. The highest BCUT2D eigenvalue weighted by Crippen LogP contribution is 2.30. The van der Waals surface area contributed by atoms with Crippen LogP contribution in [0.15, 0.2) is 0 Å². The largest absolute Gasteiger partial charge is 0.415 e. The summed E-state index contributed by atoms with van der Waals surface area (Å²) in [7, 11) is 0. The third-order valence-electron chi connectivity index (χ3n) is 1.70. The average Bonchev–Trinajstić information content (AvgIpc) is 1.95. The van der Waals surface area contributed by atoms with Gasteiger partial charge in [0.05, 0.1) is 6.54 Å². The van der Waals surface area contributed by atoms with Gasteiger partial charge in [0, 0.05) is 0 Å². The van der Waals surface area contributed by atoms with E-state index < -0.39 is 30.3 Å². The summed E-state index contributed by atoms with van der Waals surface area (Å²) in [6.07, 6.45) is -10.0. The molecule has 0 spiro atoms. The molecule has 0 aromatic heterocycles. The molecule has 0 aliphatic carbocycles. The highest BCUT2D eigenvalue weighted by molar-refractivity contribution is 5.85. The Morgan fingerprint density at radius 3 is 1.80 bits per heavy atom. The van der Waals surface area contributed by atoms with Gasteiger partial charge in [-0.2, -0.15) is 26.3 Å². The number of amides is 1. The van der Waals surface area contributed by atoms with Crippen molar-refractivity contribution in [2.45, 2.75) is 24.8 Å². The highest BCUT2D eigenvalue weighted by Gasteiger charge is 2.56. The smallest absolute Gasteiger partial charge is 0.368 e. The molecule has 15 heavy (non-hydrogen) atoms. The van der Waals surface area contributed by atoms with E-state index in [9.17, 15) is 31.1 Å². The number of rotatable bonds is 3. The van der Waals surface area contributed by atoms with E-state index in [2.05, 4.69) is 5.73 Å². The molecule has 0 fully saturated rings. The summed E-state index contributed by atoms with van der Waals surface area (Å²) in [6, 6.07) is 0. The number of hydrogen-bond acceptors (Lipinski definition) is 2. The molecule has 0 saturated heterocycles. The number of carbonyl (C=O) groups excluding carboxylic acids is 1. The second-order valence-electron chi connectivity index (χ2n) is 2.96. The number of halogens is 6. The monoisotopic (exact) mass is 238 g/mol. The van der Waals surface area contributed by atoms with Crippen molar-refractivity contribution in [1.29, 1.82) is 0 Å². The third-order valence-corrected chi connectivity index (χ3v) is 1.70. The van der Waals surface area contributed by atoms with E-state index in [-0.39, 0.29) is 6.92 Å². The maximum atomic E-state index is 12.2. The quantitative estimate of drug-likeness (QED) is 0.719. The predicted molar refractivity (Wildman–Crippen MR) is 37.7 cm³/mol. The van der Waals surface area contributed by atoms with E-state index in [0.29, 0.717) is 0 Å². The van der Waals surface area contributed by atoms with E-state index >= 15 is 0 Å². The summed E-state index contributed by atoms with van der Waals surface area (Å²) < 4.78 is 71.6. The first-order chi connectivity index (χ1) is 6.40. The van der Waals surface area contributed by atoms with Gasteiger partial charge in [0.25, 0.3) is 0 Å². The van der Waals surface area contributed by atoms with Crippen LogP contribution in [0, 0.1) is 0 Å². The minimum atomic E-state index is -5.19. The SMILES string of the molecule is CC(NCC(F)(F)F)(C(N)=O)C(F)(F)F. The first-order valence-electron chi connectivity index (χ1n) is 3.58. The van der Waals surface area contributed by atoms with Crippen LogP contribution in [0.3, 0.4) is 0 Å². The van der Waals surface area contributed by atoms with Crippen LogP contribution in [-0.4, -0.2) is 30.3 Å². The fourth-order valence-corrected chi connectivity index (χ4v) is 0.604. The fraction of sp³-hybridized carbons (Fsp3) is 0.833. The van der Waals surface area contributed by atoms with Crippen LogP contribution < -0.4 is 11.1 Å². The molecule has 0 saturated carbocycles. The van der Waals surface area contributed by atoms with Crippen LogP contribution in [0.25, 0.3) is 0 Å². The number of alkyl halides is 6. The van der Waals surface area contributed by atoms with Gasteiger partial charge in [0.15, 0.2) is 5.54 Å². The molecule has 0 aromatic carbocycles. The Morgan fingerprint density at radius 1 is 1.20 bits per heavy atom. The van der Waals surface area contributed by atoms with E-state index in [1.165, 1.54) is 0 Å². The third kappa shape index (κ3) is 3.57. The lowest BCUT2D eigenvalue weighted by Crippen LogP contribution is -2.64. The van der Waals surface area contributed by atoms with Crippen LogP contribution in [0.4, 0.5) is 26.3 Å². The van der Waals surface area contributed by atoms with Crippen LogP contribution in [0.2, 0.25) is 0 Å². The van der Waals surface area contributed by atoms with Crippen LogP contribution in [0.1, 0.15) is 6.92 Å². The van der Waals surface area contributed by atoms with E-state index in [4.69, 9.17) is 0 Å². The predicted octanol–water partition coefficient (Wildman–Crippen LogP) is 0.945. The van der Waals surface area contributed by atoms with Crippen molar-refractivity contribution in [1.82, 2.24) is 5.32 Å². The summed E-state index contributed by atoms with van der Waals surface area (Å²) >= 11 is 0. The van der Waals surface area contributed by atoms with Crippen molar-refractivity contribution in [2.75, 3.05) is 6.54 Å². The van der Waals surface area contributed by atoms with Gasteiger partial charge in [0.1, 0.15) is 0 Å². The Morgan fingerprint density at radius 2 is 1.60 bits per heavy atom. The Hall–Kier alpha value is -0.990. The molecule has 3 nitrogen and oxygen atoms in total. The van der Waals surface area contributed by atoms with Crippen LogP contribution >= 0.6 is 0 Å². The van der Waals surface area contributed by atoms with Crippen molar-refractivity contribution in [3.05, 3.63) is 0 Å². The molecule has 90 valence electrons. The Bertz CT molecular complexity index is 247. The fourth-order valence-electron chi connectivity index (χ4n) is 0.604. The Labute approximate surface area is 80.6 Å². The van der Waals surface area contributed by atoms with E-state index in [0.717, 1.165) is 5.32 Å². The molecule has 1 amide bonds. The minimum Gasteiger partial charge on any atom is -0.368 e. The van der Waals surface area contributed by atoms with Crippen molar-refractivity contribution >= 4 is 5.91 Å². The van der Waals surface area contributed by atoms with E-state index in [1.807, 2.05) is 0 Å². The molecular weight excluding hydrogens is 230 g/mol. The van der Waals surface area contributed by atoms with Gasteiger partial charge in [-0.15, -0.1) is 0 Å². The molecular formula is C6H8F6N2O. The molecule has 0 aromatic rings. The first kappa shape index (κ1) is 14.0. The summed E-state index contributed by atoms with van der Waals surface area (Å²) in [5.74, 6) is -1.92. The standard InChI is InChI=1S/C6H8F6N2O/c1-4(3(13)15,6(10,11)12)14-2-5(7,8)9/h14H,2H2,1H3,(H2,13,15). The summed E-state index contributed by atoms with van der Waals surface area (Å²) in [4.78, 5) is 10.5. The molecule has 9 heteroatoms. The van der Waals surface area contributed by atoms with Gasteiger partial charge < -0.3 is 5.73 Å². The number of nitrogens with one attached hydrogen (secondary N) is 1. The first-order valence-corrected chi connectivity index (χ1v) is 3.58. The Balaban J connectivity index is 4.78. The van der Waals surface area contributed by atoms with Crippen molar-refractivity contribution in [3.8, 4) is 0 Å². The summed E-state index contributed by atoms with van der Waals surface area (Å²) in [5.41, 5.74) is 1.01. The van der Waals surface area contributed by atoms with Gasteiger partial charge in [-0.05, 0) is 6.92 Å². The zero-order valence-electron chi connectivity index (χ0n) is 7.46. The van der Waals surface area contributed by atoms with E-state index in [1.54, 1.807) is 0 Å². The molecule has 0 bridgehead atoms. The lowest BCUT2D eigenvalue weighted by Gasteiger charge is -2.30. The Kier molecular flexibility index (Phi) is 3.62. The van der Waals surface area contributed by atoms with Gasteiger partial charge >= 0.3 is 12.4 Å². The van der Waals surface area contributed by atoms with Crippen molar-refractivity contribution < 1.29 is 31.1 Å². The molecule has 0 radical (unpaired) electrons. The number of primary amides is 1. The molecule has 0 aliphatic heterocycles. The minimum absolute atomic E-state index is 0.251. The van der Waals surface area contributed by atoms with Crippen molar-refractivity contribution in [2.24, 2.45) is 5.73 Å². The summed E-state index contributed by atoms with van der Waals surface area (Å²) in [5, 5.41) is 1.05. The van der Waals surface area contributed by atoms with Crippen LogP contribution in [0.5, 0.6) is 0 Å². The maximum Gasteiger partial charge on any atom is 0.415 e. The number of nitrogens with two attached hydrogens (primary N) is 1. The molecule has 1 atom stereocenters. The molecule has 0 aliphatic rings. The van der Waals surface area contributed by atoms with Gasteiger partial charge in [-0.25, -0.2) is 0 Å². The van der Waals surface area contributed by atoms with Gasteiger partial charge in [0.2, 0.25) is 5.91 Å². The molecule has 3 N–H and O–H groups in total. The zero-order chi connectivity index (χ0) is 12.5. The second-order valence-corrected chi connectivity index (χ2v) is 2.96. The van der Waals surface area contributed by atoms with Gasteiger partial charge in [-0.3, -0.25) is 10.1 Å². The van der Waals surface area contributed by atoms with Gasteiger partial charge in [-0.1, -0.05) is 0 Å². The molecule has 0 rings (SSSR count). The topological polar surface area (TPSA) is 55.1 Å². The number of hydrogen-bond donors (Lipinski definition) is 2. The molecule has 0 heterocycles. The second kappa shape index (κ2) is 3.87. The highest BCUT2D eigenvalue weighted by atomic mass is 19.4. The van der Waals surface area contributed by atoms with Crippen molar-refractivity contribution in [3.63, 3.8) is 0 Å². The normalized spacial score (nSPS) is 17.3. The lowest BCUT2D eigenvalue weighted by molar-refractivity contribution is -0.201. The van der Waals surface area contributed by atoms with Crippen LogP contribution in [-0.2, 0) is 4.79 Å². The average molecular weight is 238 g/mol. The molecule has 1 unspecified atom stereocenters. The number of carbonyl (C=O) groups is 1. The zero-order valence-corrected chi connectivity index (χ0v) is 7.46. The lowest BCUT2D eigenvalue weighted by atomic mass is 10.0. The maximum absolute atomic E-state index is 12.2.